The second kappa shape index (κ2) is 9.84. The summed E-state index contributed by atoms with van der Waals surface area (Å²) in [6.45, 7) is 2.06. The number of carbonyl (C=O) groups excluding carboxylic acids is 1. The first kappa shape index (κ1) is 22.6. The van der Waals surface area contributed by atoms with Crippen LogP contribution in [0.5, 0.6) is 0 Å². The van der Waals surface area contributed by atoms with Gasteiger partial charge >= 0.3 is 0 Å². The van der Waals surface area contributed by atoms with Gasteiger partial charge in [0.15, 0.2) is 0 Å². The minimum absolute atomic E-state index is 0.239. The highest BCUT2D eigenvalue weighted by Crippen LogP contribution is 2.26. The first-order chi connectivity index (χ1) is 14.3. The molecule has 0 saturated carbocycles. The van der Waals surface area contributed by atoms with Gasteiger partial charge in [0.1, 0.15) is 0 Å². The predicted octanol–water partition coefficient (Wildman–Crippen LogP) is 5.48. The molecule has 0 aliphatic heterocycles. The zero-order valence-corrected chi connectivity index (χ0v) is 20.3. The quantitative estimate of drug-likeness (QED) is 0.312. The Morgan fingerprint density at radius 1 is 0.967 bits per heavy atom. The average molecular weight is 552 g/mol. The Hall–Kier alpha value is -2.04. The molecule has 156 valence electrons. The van der Waals surface area contributed by atoms with Gasteiger partial charge < -0.3 is 5.32 Å². The third kappa shape index (κ3) is 5.16. The highest BCUT2D eigenvalue weighted by Gasteiger charge is 2.23. The monoisotopic (exact) mass is 552 g/mol. The molecule has 0 aromatic heterocycles. The molecular formula is C22H21IN2O3S2. The molecule has 0 fully saturated rings. The molecule has 30 heavy (non-hydrogen) atoms. The zero-order valence-electron chi connectivity index (χ0n) is 16.5. The van der Waals surface area contributed by atoms with E-state index in [2.05, 4.69) is 27.9 Å². The smallest absolute Gasteiger partial charge is 0.264 e. The number of carbonyl (C=O) groups is 1. The Labute approximate surface area is 195 Å². The van der Waals surface area contributed by atoms with E-state index in [9.17, 15) is 13.2 Å². The molecule has 0 saturated heterocycles. The van der Waals surface area contributed by atoms with E-state index in [4.69, 9.17) is 0 Å². The first-order valence-corrected chi connectivity index (χ1v) is 12.9. The van der Waals surface area contributed by atoms with Crippen molar-refractivity contribution < 1.29 is 13.2 Å². The van der Waals surface area contributed by atoms with Gasteiger partial charge in [0.25, 0.3) is 15.9 Å². The molecule has 0 aliphatic rings. The summed E-state index contributed by atoms with van der Waals surface area (Å²) in [7, 11) is -3.69. The van der Waals surface area contributed by atoms with E-state index in [1.165, 1.54) is 4.31 Å². The van der Waals surface area contributed by atoms with Crippen LogP contribution in [0.3, 0.4) is 0 Å². The van der Waals surface area contributed by atoms with Crippen LogP contribution in [0.2, 0.25) is 0 Å². The number of sulfonamides is 1. The molecule has 5 nitrogen and oxygen atoms in total. The minimum atomic E-state index is -3.69. The Morgan fingerprint density at radius 2 is 1.57 bits per heavy atom. The normalized spacial score (nSPS) is 11.2. The maximum atomic E-state index is 13.1. The van der Waals surface area contributed by atoms with Crippen LogP contribution in [0.1, 0.15) is 17.3 Å². The van der Waals surface area contributed by atoms with Crippen LogP contribution in [-0.2, 0) is 10.0 Å². The highest BCUT2D eigenvalue weighted by atomic mass is 127. The van der Waals surface area contributed by atoms with Crippen molar-refractivity contribution in [2.75, 3.05) is 22.4 Å². The summed E-state index contributed by atoms with van der Waals surface area (Å²) in [5.74, 6) is -0.249. The van der Waals surface area contributed by atoms with Gasteiger partial charge in [-0.05, 0) is 109 Å². The summed E-state index contributed by atoms with van der Waals surface area (Å²) in [5, 5.41) is 2.84. The molecule has 0 heterocycles. The van der Waals surface area contributed by atoms with Crippen LogP contribution in [0, 0.1) is 3.57 Å². The van der Waals surface area contributed by atoms with Gasteiger partial charge in [-0.3, -0.25) is 9.10 Å². The van der Waals surface area contributed by atoms with E-state index in [1.54, 1.807) is 67.2 Å². The second-order valence-corrected chi connectivity index (χ2v) is 10.3. The van der Waals surface area contributed by atoms with Gasteiger partial charge in [0.05, 0.1) is 10.6 Å². The van der Waals surface area contributed by atoms with Crippen molar-refractivity contribution in [3.8, 4) is 0 Å². The standard InChI is InChI=1S/C22H21IN2O3S2/c1-3-25(30(27,28)21-14-12-20(29-2)13-15-21)19-10-4-16(5-11-19)22(26)24-18-8-6-17(23)7-9-18/h4-15H,3H2,1-2H3,(H,24,26). The topological polar surface area (TPSA) is 66.5 Å². The van der Waals surface area contributed by atoms with Gasteiger partial charge in [-0.15, -0.1) is 11.8 Å². The van der Waals surface area contributed by atoms with E-state index >= 15 is 0 Å². The number of nitrogens with one attached hydrogen (secondary N) is 1. The number of hydrogen-bond acceptors (Lipinski definition) is 4. The molecule has 0 spiro atoms. The first-order valence-electron chi connectivity index (χ1n) is 9.19. The lowest BCUT2D eigenvalue weighted by molar-refractivity contribution is 0.102. The lowest BCUT2D eigenvalue weighted by Gasteiger charge is -2.23. The Morgan fingerprint density at radius 3 is 2.10 bits per heavy atom. The average Bonchev–Trinajstić information content (AvgIpc) is 2.76. The van der Waals surface area contributed by atoms with Crippen LogP contribution in [0.25, 0.3) is 0 Å². The van der Waals surface area contributed by atoms with Crippen LogP contribution in [-0.4, -0.2) is 27.1 Å². The number of anilines is 2. The van der Waals surface area contributed by atoms with Crippen molar-refractivity contribution in [3.05, 3.63) is 81.9 Å². The van der Waals surface area contributed by atoms with Crippen molar-refractivity contribution in [1.29, 1.82) is 0 Å². The molecule has 0 bridgehead atoms. The second-order valence-electron chi connectivity index (χ2n) is 6.35. The van der Waals surface area contributed by atoms with Gasteiger partial charge in [-0.1, -0.05) is 0 Å². The number of amides is 1. The van der Waals surface area contributed by atoms with Gasteiger partial charge in [0, 0.05) is 26.3 Å². The van der Waals surface area contributed by atoms with Crippen LogP contribution >= 0.6 is 34.4 Å². The van der Waals surface area contributed by atoms with Crippen molar-refractivity contribution in [1.82, 2.24) is 0 Å². The third-order valence-electron chi connectivity index (χ3n) is 4.45. The maximum Gasteiger partial charge on any atom is 0.264 e. The summed E-state index contributed by atoms with van der Waals surface area (Å²) < 4.78 is 28.6. The number of nitrogens with zero attached hydrogens (tertiary/aromatic N) is 1. The number of rotatable bonds is 7. The van der Waals surface area contributed by atoms with E-state index in [0.29, 0.717) is 16.9 Å². The summed E-state index contributed by atoms with van der Waals surface area (Å²) in [5.41, 5.74) is 1.67. The summed E-state index contributed by atoms with van der Waals surface area (Å²) >= 11 is 3.76. The molecule has 0 radical (unpaired) electrons. The summed E-state index contributed by atoms with van der Waals surface area (Å²) in [6.07, 6.45) is 1.94. The number of halogens is 1. The Balaban J connectivity index is 1.80. The maximum absolute atomic E-state index is 13.1. The van der Waals surface area contributed by atoms with Crippen molar-refractivity contribution >= 4 is 61.7 Å². The summed E-state index contributed by atoms with van der Waals surface area (Å²) in [6, 6.07) is 20.9. The largest absolute Gasteiger partial charge is 0.322 e. The molecular weight excluding hydrogens is 531 g/mol. The van der Waals surface area contributed by atoms with E-state index in [1.807, 2.05) is 30.5 Å². The van der Waals surface area contributed by atoms with Crippen LogP contribution < -0.4 is 9.62 Å². The summed E-state index contributed by atoms with van der Waals surface area (Å²) in [4.78, 5) is 13.7. The van der Waals surface area contributed by atoms with Gasteiger partial charge in [0.2, 0.25) is 0 Å². The fraction of sp³-hybridized carbons (Fsp3) is 0.136. The lowest BCUT2D eigenvalue weighted by Crippen LogP contribution is -2.30. The molecule has 0 atom stereocenters. The van der Waals surface area contributed by atoms with Crippen molar-refractivity contribution in [2.24, 2.45) is 0 Å². The number of thioether (sulfide) groups is 1. The Kier molecular flexibility index (Phi) is 7.43. The third-order valence-corrected chi connectivity index (χ3v) is 7.83. The molecule has 8 heteroatoms. The van der Waals surface area contributed by atoms with Crippen molar-refractivity contribution in [2.45, 2.75) is 16.7 Å². The highest BCUT2D eigenvalue weighted by molar-refractivity contribution is 14.1. The number of benzene rings is 3. The SMILES string of the molecule is CCN(c1ccc(C(=O)Nc2ccc(I)cc2)cc1)S(=O)(=O)c1ccc(SC)cc1. The molecule has 3 aromatic rings. The van der Waals surface area contributed by atoms with E-state index in [0.717, 1.165) is 8.47 Å². The molecule has 1 amide bonds. The van der Waals surface area contributed by atoms with E-state index in [-0.39, 0.29) is 17.3 Å². The molecule has 3 rings (SSSR count). The zero-order chi connectivity index (χ0) is 21.7. The fourth-order valence-corrected chi connectivity index (χ4v) is 5.12. The van der Waals surface area contributed by atoms with E-state index < -0.39 is 10.0 Å². The van der Waals surface area contributed by atoms with Gasteiger partial charge in [-0.25, -0.2) is 8.42 Å². The van der Waals surface area contributed by atoms with Crippen LogP contribution in [0.4, 0.5) is 11.4 Å². The fourth-order valence-electron chi connectivity index (χ4n) is 2.88. The molecule has 3 aromatic carbocycles. The lowest BCUT2D eigenvalue weighted by atomic mass is 10.2. The number of hydrogen-bond donors (Lipinski definition) is 1. The Bertz CT molecular complexity index is 1110. The minimum Gasteiger partial charge on any atom is -0.322 e. The molecule has 0 unspecified atom stereocenters. The molecule has 0 aliphatic carbocycles. The molecule has 1 N–H and O–H groups in total. The predicted molar refractivity (Wildman–Crippen MR) is 132 cm³/mol. The van der Waals surface area contributed by atoms with Crippen LogP contribution in [0.15, 0.2) is 82.6 Å². The van der Waals surface area contributed by atoms with Crippen molar-refractivity contribution in [3.63, 3.8) is 0 Å². The van der Waals surface area contributed by atoms with Gasteiger partial charge in [-0.2, -0.15) is 0 Å².